The van der Waals surface area contributed by atoms with Gasteiger partial charge in [0.2, 0.25) is 0 Å². The van der Waals surface area contributed by atoms with Gasteiger partial charge in [-0.05, 0) is 12.8 Å². The lowest BCUT2D eigenvalue weighted by atomic mass is 10.2. The molecule has 98 valence electrons. The Kier molecular flexibility index (Phi) is 3.05. The maximum atomic E-state index is 11.7. The Morgan fingerprint density at radius 1 is 1.56 bits per heavy atom. The monoisotopic (exact) mass is 250 g/mol. The molecule has 1 saturated heterocycles. The number of ether oxygens (including phenoxy) is 1. The summed E-state index contributed by atoms with van der Waals surface area (Å²) in [5, 5.41) is 0. The lowest BCUT2D eigenvalue weighted by Crippen LogP contribution is -2.46. The van der Waals surface area contributed by atoms with Crippen LogP contribution >= 0.6 is 0 Å². The largest absolute Gasteiger partial charge is 0.373 e. The van der Waals surface area contributed by atoms with Crippen LogP contribution < -0.4 is 16.2 Å². The Morgan fingerprint density at radius 2 is 2.39 bits per heavy atom. The number of nitrogens with zero attached hydrogens (tertiary/aromatic N) is 2. The fourth-order valence-electron chi connectivity index (χ4n) is 2.25. The van der Waals surface area contributed by atoms with E-state index in [1.54, 1.807) is 6.07 Å². The summed E-state index contributed by atoms with van der Waals surface area (Å²) in [6.45, 7) is 2.60. The number of H-pyrrole nitrogens is 1. The van der Waals surface area contributed by atoms with Gasteiger partial charge in [0.15, 0.2) is 0 Å². The summed E-state index contributed by atoms with van der Waals surface area (Å²) < 4.78 is 5.52. The van der Waals surface area contributed by atoms with E-state index < -0.39 is 0 Å². The lowest BCUT2D eigenvalue weighted by molar-refractivity contribution is 0.0462. The zero-order valence-electron chi connectivity index (χ0n) is 10.3. The van der Waals surface area contributed by atoms with Crippen molar-refractivity contribution in [2.45, 2.75) is 24.9 Å². The molecule has 1 aliphatic carbocycles. The van der Waals surface area contributed by atoms with Crippen LogP contribution in [0.2, 0.25) is 0 Å². The summed E-state index contributed by atoms with van der Waals surface area (Å²) in [6.07, 6.45) is 2.28. The molecule has 2 heterocycles. The number of aromatic nitrogens is 2. The molecule has 1 atom stereocenters. The predicted molar refractivity (Wildman–Crippen MR) is 67.8 cm³/mol. The van der Waals surface area contributed by atoms with E-state index in [2.05, 4.69) is 14.9 Å². The minimum absolute atomic E-state index is 0.0317. The second-order valence-corrected chi connectivity index (χ2v) is 4.94. The minimum atomic E-state index is -0.0716. The second kappa shape index (κ2) is 4.70. The van der Waals surface area contributed by atoms with Gasteiger partial charge in [-0.25, -0.2) is 4.98 Å². The van der Waals surface area contributed by atoms with Crippen molar-refractivity contribution >= 4 is 5.82 Å². The first-order chi connectivity index (χ1) is 8.76. The molecule has 18 heavy (non-hydrogen) atoms. The Morgan fingerprint density at radius 3 is 3.11 bits per heavy atom. The molecule has 0 bridgehead atoms. The quantitative estimate of drug-likeness (QED) is 0.777. The van der Waals surface area contributed by atoms with Crippen LogP contribution in [0, 0.1) is 0 Å². The first-order valence-electron chi connectivity index (χ1n) is 6.44. The van der Waals surface area contributed by atoms with Gasteiger partial charge in [0.05, 0.1) is 12.7 Å². The highest BCUT2D eigenvalue weighted by molar-refractivity contribution is 5.38. The van der Waals surface area contributed by atoms with Gasteiger partial charge in [0, 0.05) is 31.6 Å². The maximum Gasteiger partial charge on any atom is 0.252 e. The van der Waals surface area contributed by atoms with E-state index in [1.807, 2.05) is 0 Å². The Balaban J connectivity index is 1.84. The van der Waals surface area contributed by atoms with Crippen molar-refractivity contribution in [2.75, 3.05) is 31.1 Å². The number of nitrogens with two attached hydrogens (primary N) is 1. The molecule has 0 spiro atoms. The molecule has 2 aliphatic rings. The van der Waals surface area contributed by atoms with Crippen LogP contribution in [0.1, 0.15) is 24.6 Å². The molecule has 6 nitrogen and oxygen atoms in total. The number of rotatable bonds is 3. The fourth-order valence-corrected chi connectivity index (χ4v) is 2.25. The first-order valence-corrected chi connectivity index (χ1v) is 6.44. The Bertz CT molecular complexity index is 483. The Labute approximate surface area is 105 Å². The van der Waals surface area contributed by atoms with E-state index in [9.17, 15) is 4.79 Å². The number of morpholine rings is 1. The molecule has 0 aromatic carbocycles. The zero-order valence-corrected chi connectivity index (χ0v) is 10.3. The molecule has 0 radical (unpaired) electrons. The summed E-state index contributed by atoms with van der Waals surface area (Å²) in [6, 6.07) is 1.56. The van der Waals surface area contributed by atoms with Crippen molar-refractivity contribution < 1.29 is 4.74 Å². The van der Waals surface area contributed by atoms with E-state index in [-0.39, 0.29) is 11.7 Å². The van der Waals surface area contributed by atoms with E-state index >= 15 is 0 Å². The van der Waals surface area contributed by atoms with Crippen molar-refractivity contribution in [3.05, 3.63) is 22.2 Å². The normalized spacial score (nSPS) is 24.3. The van der Waals surface area contributed by atoms with Crippen molar-refractivity contribution in [1.29, 1.82) is 0 Å². The van der Waals surface area contributed by atoms with Crippen LogP contribution in [0.4, 0.5) is 5.82 Å². The van der Waals surface area contributed by atoms with Crippen LogP contribution in [0.25, 0.3) is 0 Å². The molecule has 2 fully saturated rings. The molecular formula is C12H18N4O2. The zero-order chi connectivity index (χ0) is 12.5. The van der Waals surface area contributed by atoms with Crippen molar-refractivity contribution in [2.24, 2.45) is 5.73 Å². The summed E-state index contributed by atoms with van der Waals surface area (Å²) in [4.78, 5) is 21.1. The number of hydrogen-bond acceptors (Lipinski definition) is 5. The third-order valence-electron chi connectivity index (χ3n) is 3.44. The van der Waals surface area contributed by atoms with Gasteiger partial charge in [-0.2, -0.15) is 0 Å². The molecule has 1 unspecified atom stereocenters. The lowest BCUT2D eigenvalue weighted by Gasteiger charge is -2.33. The van der Waals surface area contributed by atoms with Crippen molar-refractivity contribution in [3.8, 4) is 0 Å². The Hall–Kier alpha value is -1.40. The third kappa shape index (κ3) is 2.39. The average molecular weight is 250 g/mol. The summed E-state index contributed by atoms with van der Waals surface area (Å²) >= 11 is 0. The fraction of sp³-hybridized carbons (Fsp3) is 0.667. The second-order valence-electron chi connectivity index (χ2n) is 4.94. The standard InChI is InChI=1S/C12H18N4O2/c13-6-9-7-16(3-4-18-9)10-5-11(17)15-12(14-10)8-1-2-8/h5,8-9H,1-4,6-7,13H2,(H,14,15,17). The third-order valence-corrected chi connectivity index (χ3v) is 3.44. The number of hydrogen-bond donors (Lipinski definition) is 2. The summed E-state index contributed by atoms with van der Waals surface area (Å²) in [7, 11) is 0. The molecular weight excluding hydrogens is 232 g/mol. The number of aromatic amines is 1. The SMILES string of the molecule is NCC1CN(c2cc(=O)[nH]c(C3CC3)n2)CCO1. The van der Waals surface area contributed by atoms with Gasteiger partial charge in [-0.15, -0.1) is 0 Å². The van der Waals surface area contributed by atoms with Gasteiger partial charge >= 0.3 is 0 Å². The van der Waals surface area contributed by atoms with E-state index in [1.165, 1.54) is 0 Å². The van der Waals surface area contributed by atoms with Crippen LogP contribution in [-0.4, -0.2) is 42.3 Å². The molecule has 1 aromatic rings. The van der Waals surface area contributed by atoms with Gasteiger partial charge in [0.1, 0.15) is 11.6 Å². The van der Waals surface area contributed by atoms with Gasteiger partial charge < -0.3 is 20.4 Å². The summed E-state index contributed by atoms with van der Waals surface area (Å²) in [5.74, 6) is 2.03. The van der Waals surface area contributed by atoms with Crippen molar-refractivity contribution in [1.82, 2.24) is 9.97 Å². The molecule has 1 aliphatic heterocycles. The van der Waals surface area contributed by atoms with Gasteiger partial charge in [-0.1, -0.05) is 0 Å². The van der Waals surface area contributed by atoms with E-state index in [0.717, 1.165) is 31.0 Å². The van der Waals surface area contributed by atoms with E-state index in [4.69, 9.17) is 10.5 Å². The molecule has 3 N–H and O–H groups in total. The predicted octanol–water partition coefficient (Wildman–Crippen LogP) is -0.189. The van der Waals surface area contributed by atoms with Gasteiger partial charge in [-0.3, -0.25) is 4.79 Å². The van der Waals surface area contributed by atoms with Crippen LogP contribution in [0.5, 0.6) is 0 Å². The highest BCUT2D eigenvalue weighted by Gasteiger charge is 2.28. The molecule has 6 heteroatoms. The summed E-state index contributed by atoms with van der Waals surface area (Å²) in [5.41, 5.74) is 5.55. The maximum absolute atomic E-state index is 11.7. The molecule has 0 amide bonds. The number of nitrogens with one attached hydrogen (secondary N) is 1. The first kappa shape index (κ1) is 11.7. The molecule has 1 saturated carbocycles. The van der Waals surface area contributed by atoms with E-state index in [0.29, 0.717) is 25.6 Å². The number of anilines is 1. The van der Waals surface area contributed by atoms with Crippen LogP contribution in [0.15, 0.2) is 10.9 Å². The van der Waals surface area contributed by atoms with Crippen molar-refractivity contribution in [3.63, 3.8) is 0 Å². The molecule has 1 aromatic heterocycles. The highest BCUT2D eigenvalue weighted by atomic mass is 16.5. The van der Waals surface area contributed by atoms with Crippen LogP contribution in [-0.2, 0) is 4.74 Å². The average Bonchev–Trinajstić information content (AvgIpc) is 3.22. The van der Waals surface area contributed by atoms with Gasteiger partial charge in [0.25, 0.3) is 5.56 Å². The minimum Gasteiger partial charge on any atom is -0.373 e. The smallest absolute Gasteiger partial charge is 0.252 e. The molecule has 3 rings (SSSR count). The topological polar surface area (TPSA) is 84.2 Å². The van der Waals surface area contributed by atoms with Crippen LogP contribution in [0.3, 0.4) is 0 Å². The highest BCUT2D eigenvalue weighted by Crippen LogP contribution is 2.37.